The summed E-state index contributed by atoms with van der Waals surface area (Å²) in [5.74, 6) is -0.0682. The fraction of sp³-hybridized carbons (Fsp3) is 0.476. The lowest BCUT2D eigenvalue weighted by Crippen LogP contribution is -2.48. The Morgan fingerprint density at radius 1 is 1.36 bits per heavy atom. The van der Waals surface area contributed by atoms with Crippen molar-refractivity contribution < 1.29 is 9.18 Å². The van der Waals surface area contributed by atoms with Crippen LogP contribution in [0, 0.1) is 5.82 Å². The van der Waals surface area contributed by atoms with Crippen molar-refractivity contribution in [3.8, 4) is 0 Å². The number of piperidine rings is 1. The minimum atomic E-state index is -0.188. The van der Waals surface area contributed by atoms with Gasteiger partial charge in [-0.3, -0.25) is 9.69 Å². The second-order valence-electron chi connectivity index (χ2n) is 7.73. The first-order valence-corrected chi connectivity index (χ1v) is 9.72. The summed E-state index contributed by atoms with van der Waals surface area (Å²) in [5, 5.41) is 0. The van der Waals surface area contributed by atoms with Crippen LogP contribution in [0.3, 0.4) is 0 Å². The van der Waals surface area contributed by atoms with Crippen LogP contribution >= 0.6 is 0 Å². The largest absolute Gasteiger partial charge is 0.368 e. The third-order valence-electron chi connectivity index (χ3n) is 5.27. The lowest BCUT2D eigenvalue weighted by molar-refractivity contribution is 0.0602. The minimum absolute atomic E-state index is 0.0479. The molecule has 1 fully saturated rings. The number of carbonyl (C=O) groups excluding carboxylic acids is 1. The van der Waals surface area contributed by atoms with Gasteiger partial charge < -0.3 is 10.6 Å². The molecular weight excluding hydrogens is 357 g/mol. The highest BCUT2D eigenvalue weighted by Crippen LogP contribution is 2.21. The van der Waals surface area contributed by atoms with Gasteiger partial charge in [0.2, 0.25) is 5.95 Å². The first kappa shape index (κ1) is 20.2. The number of likely N-dealkylation sites (N-methyl/N-ethyl adjacent to an activating group) is 1. The molecule has 1 amide bonds. The van der Waals surface area contributed by atoms with Gasteiger partial charge in [0.15, 0.2) is 0 Å². The second kappa shape index (κ2) is 8.65. The normalized spacial score (nSPS) is 17.7. The number of nitrogens with two attached hydrogens (primary N) is 1. The van der Waals surface area contributed by atoms with E-state index in [1.165, 1.54) is 6.07 Å². The Kier molecular flexibility index (Phi) is 6.24. The van der Waals surface area contributed by atoms with Crippen LogP contribution in [0.2, 0.25) is 0 Å². The average Bonchev–Trinajstić information content (AvgIpc) is 2.68. The van der Waals surface area contributed by atoms with E-state index in [1.807, 2.05) is 26.0 Å². The van der Waals surface area contributed by atoms with Gasteiger partial charge in [-0.05, 0) is 37.4 Å². The third-order valence-corrected chi connectivity index (χ3v) is 5.27. The predicted molar refractivity (Wildman–Crippen MR) is 107 cm³/mol. The summed E-state index contributed by atoms with van der Waals surface area (Å²) in [7, 11) is 1.80. The summed E-state index contributed by atoms with van der Waals surface area (Å²) in [5.41, 5.74) is 7.56. The standard InChI is InChI=1S/C21H28FN5O/c1-14(2)18-11-19(25-21(23)24-18)20(28)26(3)16-8-6-10-27(13-16)12-15-7-4-5-9-17(15)22/h4-5,7,9,11,14,16H,6,8,10,12-13H2,1-3H3,(H2,23,24,25). The number of carbonyl (C=O) groups is 1. The van der Waals surface area contributed by atoms with Crippen molar-refractivity contribution in [2.45, 2.75) is 45.2 Å². The molecule has 1 saturated heterocycles. The summed E-state index contributed by atoms with van der Waals surface area (Å²) < 4.78 is 14.0. The molecule has 0 bridgehead atoms. The molecule has 6 nitrogen and oxygen atoms in total. The van der Waals surface area contributed by atoms with Crippen molar-refractivity contribution in [1.82, 2.24) is 19.8 Å². The molecule has 0 saturated carbocycles. The number of nitrogen functional groups attached to an aromatic ring is 1. The summed E-state index contributed by atoms with van der Waals surface area (Å²) >= 11 is 0. The van der Waals surface area contributed by atoms with Crippen molar-refractivity contribution in [3.05, 3.63) is 53.1 Å². The number of anilines is 1. The molecule has 1 unspecified atom stereocenters. The summed E-state index contributed by atoms with van der Waals surface area (Å²) in [4.78, 5) is 25.3. The summed E-state index contributed by atoms with van der Waals surface area (Å²) in [6, 6.07) is 8.61. The second-order valence-corrected chi connectivity index (χ2v) is 7.73. The Morgan fingerprint density at radius 3 is 2.82 bits per heavy atom. The Morgan fingerprint density at radius 2 is 2.11 bits per heavy atom. The molecule has 1 aliphatic heterocycles. The molecule has 2 aromatic rings. The number of rotatable bonds is 5. The van der Waals surface area contributed by atoms with Crippen molar-refractivity contribution in [1.29, 1.82) is 0 Å². The zero-order valence-corrected chi connectivity index (χ0v) is 16.7. The molecule has 0 radical (unpaired) electrons. The molecule has 150 valence electrons. The maximum absolute atomic E-state index is 14.0. The van der Waals surface area contributed by atoms with Gasteiger partial charge in [0.25, 0.3) is 5.91 Å². The number of amides is 1. The number of nitrogens with zero attached hydrogens (tertiary/aromatic N) is 4. The predicted octanol–water partition coefficient (Wildman–Crippen LogP) is 3.06. The Balaban J connectivity index is 1.70. The molecule has 0 spiro atoms. The van der Waals surface area contributed by atoms with E-state index in [0.29, 0.717) is 24.3 Å². The van der Waals surface area contributed by atoms with Crippen LogP contribution in [-0.4, -0.2) is 51.9 Å². The topological polar surface area (TPSA) is 75.4 Å². The van der Waals surface area contributed by atoms with Gasteiger partial charge in [0, 0.05) is 37.4 Å². The van der Waals surface area contributed by atoms with Gasteiger partial charge in [-0.25, -0.2) is 14.4 Å². The van der Waals surface area contributed by atoms with Gasteiger partial charge in [0.05, 0.1) is 0 Å². The van der Waals surface area contributed by atoms with E-state index in [2.05, 4.69) is 14.9 Å². The Labute approximate surface area is 165 Å². The summed E-state index contributed by atoms with van der Waals surface area (Å²) in [6.07, 6.45) is 1.87. The lowest BCUT2D eigenvalue weighted by Gasteiger charge is -2.37. The van der Waals surface area contributed by atoms with Crippen LogP contribution < -0.4 is 5.73 Å². The molecule has 2 N–H and O–H groups in total. The Bertz CT molecular complexity index is 841. The molecule has 28 heavy (non-hydrogen) atoms. The SMILES string of the molecule is CC(C)c1cc(C(=O)N(C)C2CCCN(Cc3ccccc3F)C2)nc(N)n1. The highest BCUT2D eigenvalue weighted by Gasteiger charge is 2.28. The molecule has 2 heterocycles. The summed E-state index contributed by atoms with van der Waals surface area (Å²) in [6.45, 7) is 6.14. The van der Waals surface area contributed by atoms with E-state index in [1.54, 1.807) is 24.1 Å². The Hall–Kier alpha value is -2.54. The van der Waals surface area contributed by atoms with Crippen molar-refractivity contribution in [2.75, 3.05) is 25.9 Å². The highest BCUT2D eigenvalue weighted by atomic mass is 19.1. The number of benzene rings is 1. The number of halogens is 1. The maximum Gasteiger partial charge on any atom is 0.272 e. The molecule has 3 rings (SSSR count). The monoisotopic (exact) mass is 385 g/mol. The number of likely N-dealkylation sites (tertiary alicyclic amines) is 1. The molecule has 1 aromatic carbocycles. The van der Waals surface area contributed by atoms with E-state index in [-0.39, 0.29) is 29.6 Å². The van der Waals surface area contributed by atoms with Crippen molar-refractivity contribution >= 4 is 11.9 Å². The van der Waals surface area contributed by atoms with E-state index in [0.717, 1.165) is 25.1 Å². The molecule has 1 aliphatic rings. The third kappa shape index (κ3) is 4.65. The number of hydrogen-bond acceptors (Lipinski definition) is 5. The highest BCUT2D eigenvalue weighted by molar-refractivity contribution is 5.92. The number of aromatic nitrogens is 2. The first-order valence-electron chi connectivity index (χ1n) is 9.72. The molecule has 1 aromatic heterocycles. The quantitative estimate of drug-likeness (QED) is 0.856. The van der Waals surface area contributed by atoms with Crippen molar-refractivity contribution in [3.63, 3.8) is 0 Å². The molecular formula is C21H28FN5O. The van der Waals surface area contributed by atoms with Gasteiger partial charge in [-0.15, -0.1) is 0 Å². The van der Waals surface area contributed by atoms with Crippen LogP contribution in [0.15, 0.2) is 30.3 Å². The van der Waals surface area contributed by atoms with Gasteiger partial charge in [0.1, 0.15) is 11.5 Å². The van der Waals surface area contributed by atoms with E-state index >= 15 is 0 Å². The van der Waals surface area contributed by atoms with Crippen LogP contribution in [0.5, 0.6) is 0 Å². The van der Waals surface area contributed by atoms with Crippen LogP contribution in [0.25, 0.3) is 0 Å². The van der Waals surface area contributed by atoms with E-state index in [4.69, 9.17) is 5.73 Å². The lowest BCUT2D eigenvalue weighted by atomic mass is 10.0. The van der Waals surface area contributed by atoms with Crippen LogP contribution in [0.1, 0.15) is 54.4 Å². The van der Waals surface area contributed by atoms with Gasteiger partial charge in [-0.1, -0.05) is 32.0 Å². The van der Waals surface area contributed by atoms with Gasteiger partial charge >= 0.3 is 0 Å². The van der Waals surface area contributed by atoms with E-state index in [9.17, 15) is 9.18 Å². The fourth-order valence-corrected chi connectivity index (χ4v) is 3.60. The zero-order chi connectivity index (χ0) is 20.3. The number of hydrogen-bond donors (Lipinski definition) is 1. The van der Waals surface area contributed by atoms with Crippen molar-refractivity contribution in [2.24, 2.45) is 0 Å². The smallest absolute Gasteiger partial charge is 0.272 e. The van der Waals surface area contributed by atoms with Gasteiger partial charge in [-0.2, -0.15) is 0 Å². The van der Waals surface area contributed by atoms with E-state index < -0.39 is 0 Å². The van der Waals surface area contributed by atoms with Crippen LogP contribution in [-0.2, 0) is 6.54 Å². The molecule has 1 atom stereocenters. The molecule has 0 aliphatic carbocycles. The zero-order valence-electron chi connectivity index (χ0n) is 16.7. The molecule has 7 heteroatoms. The van der Waals surface area contributed by atoms with Crippen LogP contribution in [0.4, 0.5) is 10.3 Å². The first-order chi connectivity index (χ1) is 13.3. The minimum Gasteiger partial charge on any atom is -0.368 e. The maximum atomic E-state index is 14.0. The average molecular weight is 385 g/mol. The fourth-order valence-electron chi connectivity index (χ4n) is 3.60.